The van der Waals surface area contributed by atoms with E-state index in [4.69, 9.17) is 4.74 Å². The molecule has 0 saturated carbocycles. The highest BCUT2D eigenvalue weighted by Gasteiger charge is 2.48. The topological polar surface area (TPSA) is 76.1 Å². The summed E-state index contributed by atoms with van der Waals surface area (Å²) in [6.45, 7) is 9.08. The molecule has 1 N–H and O–H groups in total. The Labute approximate surface area is 119 Å². The van der Waals surface area contributed by atoms with Crippen molar-refractivity contribution in [3.05, 3.63) is 12.7 Å². The van der Waals surface area contributed by atoms with Crippen molar-refractivity contribution in [2.45, 2.75) is 44.9 Å². The molecular weight excluding hydrogens is 262 g/mol. The molecule has 0 aromatic rings. The number of amides is 1. The molecule has 6 heteroatoms. The van der Waals surface area contributed by atoms with Crippen LogP contribution in [0.3, 0.4) is 0 Å². The van der Waals surface area contributed by atoms with E-state index in [2.05, 4.69) is 11.3 Å². The molecule has 0 aliphatic carbocycles. The van der Waals surface area contributed by atoms with Crippen LogP contribution in [0.5, 0.6) is 0 Å². The second-order valence-electron chi connectivity index (χ2n) is 5.88. The fraction of sp³-hybridized carbons (Fsp3) is 0.714. The van der Waals surface area contributed by atoms with Gasteiger partial charge in [-0.2, -0.15) is 0 Å². The van der Waals surface area contributed by atoms with Crippen LogP contribution >= 0.6 is 0 Å². The van der Waals surface area contributed by atoms with Gasteiger partial charge in [0, 0.05) is 12.5 Å². The number of hydrogen-bond donors (Lipinski definition) is 1. The normalized spacial score (nSPS) is 26.2. The van der Waals surface area contributed by atoms with Gasteiger partial charge in [-0.05, 0) is 27.2 Å². The van der Waals surface area contributed by atoms with Crippen molar-refractivity contribution in [1.82, 2.24) is 4.90 Å². The summed E-state index contributed by atoms with van der Waals surface area (Å²) >= 11 is 0. The van der Waals surface area contributed by atoms with Gasteiger partial charge in [0.25, 0.3) is 0 Å². The van der Waals surface area contributed by atoms with Crippen molar-refractivity contribution >= 4 is 12.1 Å². The molecule has 6 nitrogen and oxygen atoms in total. The molecular formula is C14H23NO5. The zero-order valence-corrected chi connectivity index (χ0v) is 12.5. The number of ether oxygens (including phenoxy) is 2. The summed E-state index contributed by atoms with van der Waals surface area (Å²) in [6, 6.07) is -1.03. The number of esters is 1. The molecule has 1 aliphatic heterocycles. The van der Waals surface area contributed by atoms with Crippen LogP contribution in [-0.4, -0.2) is 53.5 Å². The molecule has 1 amide bonds. The van der Waals surface area contributed by atoms with Gasteiger partial charge in [-0.1, -0.05) is 6.08 Å². The second kappa shape index (κ2) is 6.26. The molecule has 0 aromatic carbocycles. The second-order valence-corrected chi connectivity index (χ2v) is 5.88. The van der Waals surface area contributed by atoms with E-state index in [-0.39, 0.29) is 12.5 Å². The number of nitrogens with zero attached hydrogens (tertiary/aromatic N) is 1. The van der Waals surface area contributed by atoms with Gasteiger partial charge in [-0.15, -0.1) is 6.58 Å². The van der Waals surface area contributed by atoms with Crippen molar-refractivity contribution in [1.29, 1.82) is 0 Å². The van der Waals surface area contributed by atoms with E-state index in [0.29, 0.717) is 6.42 Å². The van der Waals surface area contributed by atoms with Crippen molar-refractivity contribution in [3.8, 4) is 0 Å². The summed E-state index contributed by atoms with van der Waals surface area (Å²) in [7, 11) is 1.23. The summed E-state index contributed by atoms with van der Waals surface area (Å²) in [5, 5.41) is 10.2. The number of carbonyl (C=O) groups excluding carboxylic acids is 2. The van der Waals surface area contributed by atoms with Crippen LogP contribution in [0.1, 0.15) is 27.2 Å². The molecule has 1 fully saturated rings. The molecule has 114 valence electrons. The number of carbonyl (C=O) groups is 2. The number of rotatable bonds is 3. The van der Waals surface area contributed by atoms with Crippen molar-refractivity contribution in [2.24, 2.45) is 5.92 Å². The van der Waals surface area contributed by atoms with E-state index in [0.717, 1.165) is 0 Å². The van der Waals surface area contributed by atoms with E-state index in [1.165, 1.54) is 12.0 Å². The predicted molar refractivity (Wildman–Crippen MR) is 73.1 cm³/mol. The Balaban J connectivity index is 2.93. The maximum atomic E-state index is 12.1. The SMILES string of the molecule is C=CC[C@H]1CN(C(=O)OC(C)(C)C)[C@H](C(=O)OC)C1O. The van der Waals surface area contributed by atoms with E-state index >= 15 is 0 Å². The number of aliphatic hydroxyl groups is 1. The molecule has 1 saturated heterocycles. The molecule has 0 bridgehead atoms. The van der Waals surface area contributed by atoms with Crippen molar-refractivity contribution in [2.75, 3.05) is 13.7 Å². The summed E-state index contributed by atoms with van der Waals surface area (Å²) in [6.07, 6.45) is 0.556. The van der Waals surface area contributed by atoms with E-state index in [9.17, 15) is 14.7 Å². The van der Waals surface area contributed by atoms with E-state index in [1.54, 1.807) is 26.8 Å². The van der Waals surface area contributed by atoms with Crippen LogP contribution in [0.25, 0.3) is 0 Å². The van der Waals surface area contributed by atoms with Crippen LogP contribution in [0, 0.1) is 5.92 Å². The first-order chi connectivity index (χ1) is 9.21. The highest BCUT2D eigenvalue weighted by Crippen LogP contribution is 2.29. The monoisotopic (exact) mass is 285 g/mol. The molecule has 0 aromatic heterocycles. The Hall–Kier alpha value is -1.56. The first-order valence-electron chi connectivity index (χ1n) is 6.57. The highest BCUT2D eigenvalue weighted by atomic mass is 16.6. The Morgan fingerprint density at radius 1 is 1.45 bits per heavy atom. The Kier molecular flexibility index (Phi) is 5.16. The number of methoxy groups -OCH3 is 1. The predicted octanol–water partition coefficient (Wildman–Crippen LogP) is 1.33. The van der Waals surface area contributed by atoms with Crippen LogP contribution in [0.4, 0.5) is 4.79 Å². The standard InChI is InChI=1S/C14H23NO5/c1-6-7-9-8-15(13(18)20-14(2,3)4)10(11(9)16)12(17)19-5/h6,9-11,16H,1,7-8H2,2-5H3/t9-,10-,11?/m0/s1. The number of hydrogen-bond acceptors (Lipinski definition) is 5. The largest absolute Gasteiger partial charge is 0.467 e. The van der Waals surface area contributed by atoms with Crippen LogP contribution in [-0.2, 0) is 14.3 Å². The average molecular weight is 285 g/mol. The van der Waals surface area contributed by atoms with Gasteiger partial charge in [0.2, 0.25) is 0 Å². The summed E-state index contributed by atoms with van der Waals surface area (Å²) in [4.78, 5) is 25.2. The average Bonchev–Trinajstić information content (AvgIpc) is 2.65. The molecule has 20 heavy (non-hydrogen) atoms. The third-order valence-electron chi connectivity index (χ3n) is 3.11. The lowest BCUT2D eigenvalue weighted by Gasteiger charge is -2.27. The van der Waals surface area contributed by atoms with Crippen molar-refractivity contribution < 1.29 is 24.2 Å². The number of aliphatic hydroxyl groups excluding tert-OH is 1. The molecule has 1 unspecified atom stereocenters. The lowest BCUT2D eigenvalue weighted by Crippen LogP contribution is -2.47. The third kappa shape index (κ3) is 3.72. The lowest BCUT2D eigenvalue weighted by atomic mass is 9.98. The zero-order chi connectivity index (χ0) is 15.5. The molecule has 1 rings (SSSR count). The van der Waals surface area contributed by atoms with Gasteiger partial charge in [0.15, 0.2) is 6.04 Å². The minimum atomic E-state index is -1.03. The number of likely N-dealkylation sites (tertiary alicyclic amines) is 1. The Morgan fingerprint density at radius 2 is 2.05 bits per heavy atom. The fourth-order valence-corrected chi connectivity index (χ4v) is 2.24. The molecule has 3 atom stereocenters. The van der Waals surface area contributed by atoms with Gasteiger partial charge in [0.05, 0.1) is 13.2 Å². The van der Waals surface area contributed by atoms with Crippen LogP contribution < -0.4 is 0 Å². The Morgan fingerprint density at radius 3 is 2.50 bits per heavy atom. The van der Waals surface area contributed by atoms with Crippen LogP contribution in [0.15, 0.2) is 12.7 Å². The molecule has 1 aliphatic rings. The molecule has 0 radical (unpaired) electrons. The first-order valence-corrected chi connectivity index (χ1v) is 6.57. The maximum Gasteiger partial charge on any atom is 0.411 e. The first kappa shape index (κ1) is 16.5. The third-order valence-corrected chi connectivity index (χ3v) is 3.11. The minimum Gasteiger partial charge on any atom is -0.467 e. The number of allylic oxidation sites excluding steroid dienone is 1. The Bertz CT molecular complexity index is 388. The van der Waals surface area contributed by atoms with E-state index < -0.39 is 29.8 Å². The van der Waals surface area contributed by atoms with E-state index in [1.807, 2.05) is 0 Å². The molecule has 1 heterocycles. The zero-order valence-electron chi connectivity index (χ0n) is 12.5. The molecule has 0 spiro atoms. The summed E-state index contributed by atoms with van der Waals surface area (Å²) in [5.41, 5.74) is -0.667. The highest BCUT2D eigenvalue weighted by molar-refractivity contribution is 5.83. The van der Waals surface area contributed by atoms with Gasteiger partial charge < -0.3 is 14.6 Å². The quantitative estimate of drug-likeness (QED) is 0.625. The van der Waals surface area contributed by atoms with Gasteiger partial charge in [-0.3, -0.25) is 4.90 Å². The van der Waals surface area contributed by atoms with Gasteiger partial charge in [0.1, 0.15) is 5.60 Å². The summed E-state index contributed by atoms with van der Waals surface area (Å²) in [5.74, 6) is -0.890. The van der Waals surface area contributed by atoms with Crippen LogP contribution in [0.2, 0.25) is 0 Å². The summed E-state index contributed by atoms with van der Waals surface area (Å²) < 4.78 is 9.93. The smallest absolute Gasteiger partial charge is 0.411 e. The lowest BCUT2D eigenvalue weighted by molar-refractivity contribution is -0.148. The van der Waals surface area contributed by atoms with Gasteiger partial charge in [-0.25, -0.2) is 9.59 Å². The van der Waals surface area contributed by atoms with Crippen molar-refractivity contribution in [3.63, 3.8) is 0 Å². The van der Waals surface area contributed by atoms with Gasteiger partial charge >= 0.3 is 12.1 Å². The maximum absolute atomic E-state index is 12.1. The minimum absolute atomic E-state index is 0.238. The fourth-order valence-electron chi connectivity index (χ4n) is 2.24.